The maximum absolute atomic E-state index is 10.7. The molecule has 0 bridgehead atoms. The monoisotopic (exact) mass is 138 g/mol. The second-order valence-corrected chi connectivity index (χ2v) is 1.72. The number of amides is 3. The van der Waals surface area contributed by atoms with Crippen molar-refractivity contribution in [3.8, 4) is 0 Å². The first kappa shape index (κ1) is 6.54. The van der Waals surface area contributed by atoms with Crippen LogP contribution in [-0.4, -0.2) is 11.9 Å². The van der Waals surface area contributed by atoms with E-state index in [0.29, 0.717) is 0 Å². The molecule has 3 amide bonds. The summed E-state index contributed by atoms with van der Waals surface area (Å²) in [5.74, 6) is -0.412. The second-order valence-electron chi connectivity index (χ2n) is 1.72. The Bertz CT molecular complexity index is 230. The lowest BCUT2D eigenvalue weighted by atomic mass is 10.4. The van der Waals surface area contributed by atoms with Crippen molar-refractivity contribution in [2.24, 2.45) is 0 Å². The number of hydrogen-bond acceptors (Lipinski definition) is 2. The summed E-state index contributed by atoms with van der Waals surface area (Å²) >= 11 is 0. The summed E-state index contributed by atoms with van der Waals surface area (Å²) in [7, 11) is 0. The molecule has 0 aliphatic carbocycles. The van der Waals surface area contributed by atoms with Gasteiger partial charge in [0.05, 0.1) is 0 Å². The zero-order valence-corrected chi connectivity index (χ0v) is 5.18. The molecule has 4 heteroatoms. The largest absolute Gasteiger partial charge is 0.326 e. The van der Waals surface area contributed by atoms with E-state index in [1.807, 2.05) is 5.32 Å². The summed E-state index contributed by atoms with van der Waals surface area (Å²) in [6.07, 6.45) is 2.86. The van der Waals surface area contributed by atoms with Gasteiger partial charge in [0.15, 0.2) is 0 Å². The van der Waals surface area contributed by atoms with E-state index in [4.69, 9.17) is 0 Å². The van der Waals surface area contributed by atoms with Crippen LogP contribution in [0.5, 0.6) is 0 Å². The van der Waals surface area contributed by atoms with Crippen molar-refractivity contribution in [3.05, 3.63) is 24.4 Å². The van der Waals surface area contributed by atoms with Gasteiger partial charge in [-0.15, -0.1) is 0 Å². The molecular weight excluding hydrogens is 132 g/mol. The van der Waals surface area contributed by atoms with E-state index in [1.54, 1.807) is 0 Å². The lowest BCUT2D eigenvalue weighted by Gasteiger charge is -1.86. The molecule has 52 valence electrons. The Morgan fingerprint density at radius 1 is 1.30 bits per heavy atom. The van der Waals surface area contributed by atoms with Crippen molar-refractivity contribution in [1.82, 2.24) is 10.6 Å². The van der Waals surface area contributed by atoms with Crippen LogP contribution in [0.25, 0.3) is 0 Å². The predicted octanol–water partition coefficient (Wildman–Crippen LogP) is -0.104. The third kappa shape index (κ3) is 1.05. The highest BCUT2D eigenvalue weighted by Gasteiger charge is 2.21. The van der Waals surface area contributed by atoms with Crippen LogP contribution >= 0.6 is 0 Å². The third-order valence-electron chi connectivity index (χ3n) is 1.00. The van der Waals surface area contributed by atoms with Gasteiger partial charge in [-0.1, -0.05) is 12.7 Å². The molecule has 10 heavy (non-hydrogen) atoms. The minimum absolute atomic E-state index is 0.236. The third-order valence-corrected chi connectivity index (χ3v) is 1.00. The lowest BCUT2D eigenvalue weighted by Crippen LogP contribution is -2.22. The maximum atomic E-state index is 10.7. The summed E-state index contributed by atoms with van der Waals surface area (Å²) in [6.45, 7) is 3.38. The quantitative estimate of drug-likeness (QED) is 0.392. The van der Waals surface area contributed by atoms with E-state index in [2.05, 4.69) is 11.9 Å². The number of carbonyl (C=O) groups is 2. The average Bonchev–Trinajstić information content (AvgIpc) is 2.13. The molecule has 0 atom stereocenters. The van der Waals surface area contributed by atoms with Gasteiger partial charge in [0, 0.05) is 0 Å². The molecule has 0 radical (unpaired) electrons. The number of carbonyl (C=O) groups excluding carboxylic acids is 2. The number of allylic oxidation sites excluding steroid dienone is 2. The zero-order valence-electron chi connectivity index (χ0n) is 5.18. The molecular formula is C6H6N2O2. The summed E-state index contributed by atoms with van der Waals surface area (Å²) in [6, 6.07) is -0.488. The standard InChI is InChI=1S/C6H6N2O2/c1-2-3-4-5(9)8-6(10)7-4/h2-3H,1H2,(H2,7,8,9,10). The summed E-state index contributed by atoms with van der Waals surface area (Å²) in [5.41, 5.74) is 0.236. The predicted molar refractivity (Wildman–Crippen MR) is 35.0 cm³/mol. The topological polar surface area (TPSA) is 58.2 Å². The van der Waals surface area contributed by atoms with Crippen LogP contribution in [0.15, 0.2) is 24.4 Å². The molecule has 1 saturated heterocycles. The van der Waals surface area contributed by atoms with E-state index in [1.165, 1.54) is 12.2 Å². The van der Waals surface area contributed by atoms with Gasteiger partial charge >= 0.3 is 6.03 Å². The molecule has 1 fully saturated rings. The minimum atomic E-state index is -0.488. The lowest BCUT2D eigenvalue weighted by molar-refractivity contribution is -0.115. The van der Waals surface area contributed by atoms with Gasteiger partial charge < -0.3 is 5.32 Å². The molecule has 0 aromatic heterocycles. The van der Waals surface area contributed by atoms with Gasteiger partial charge in [-0.3, -0.25) is 10.1 Å². The van der Waals surface area contributed by atoms with Crippen LogP contribution in [0.3, 0.4) is 0 Å². The Labute approximate surface area is 57.6 Å². The second kappa shape index (κ2) is 2.34. The maximum Gasteiger partial charge on any atom is 0.326 e. The van der Waals surface area contributed by atoms with Gasteiger partial charge in [0.2, 0.25) is 0 Å². The molecule has 1 heterocycles. The van der Waals surface area contributed by atoms with Crippen LogP contribution < -0.4 is 10.6 Å². The number of nitrogens with one attached hydrogen (secondary N) is 2. The fraction of sp³-hybridized carbons (Fsp3) is 0. The van der Waals surface area contributed by atoms with Crippen LogP contribution in [0, 0.1) is 0 Å². The summed E-state index contributed by atoms with van der Waals surface area (Å²) < 4.78 is 0. The molecule has 0 spiro atoms. The fourth-order valence-electron chi connectivity index (χ4n) is 0.616. The van der Waals surface area contributed by atoms with Gasteiger partial charge in [0.1, 0.15) is 5.70 Å². The summed E-state index contributed by atoms with van der Waals surface area (Å²) in [4.78, 5) is 21.1. The first-order valence-electron chi connectivity index (χ1n) is 2.69. The molecule has 4 nitrogen and oxygen atoms in total. The van der Waals surface area contributed by atoms with Crippen LogP contribution in [-0.2, 0) is 4.79 Å². The highest BCUT2D eigenvalue weighted by molar-refractivity contribution is 6.11. The number of hydrogen-bond donors (Lipinski definition) is 2. The highest BCUT2D eigenvalue weighted by atomic mass is 16.2. The van der Waals surface area contributed by atoms with Crippen LogP contribution in [0.1, 0.15) is 0 Å². The van der Waals surface area contributed by atoms with Crippen LogP contribution in [0.4, 0.5) is 4.79 Å². The normalized spacial score (nSPS) is 20.6. The number of urea groups is 1. The zero-order chi connectivity index (χ0) is 7.56. The molecule has 0 unspecified atom stereocenters. The Balaban J connectivity index is 2.81. The van der Waals surface area contributed by atoms with Gasteiger partial charge in [-0.2, -0.15) is 0 Å². The highest BCUT2D eigenvalue weighted by Crippen LogP contribution is 1.95. The van der Waals surface area contributed by atoms with Gasteiger partial charge in [-0.05, 0) is 6.08 Å². The van der Waals surface area contributed by atoms with Crippen molar-refractivity contribution >= 4 is 11.9 Å². The Morgan fingerprint density at radius 3 is 2.40 bits per heavy atom. The van der Waals surface area contributed by atoms with Gasteiger partial charge in [0.25, 0.3) is 5.91 Å². The molecule has 1 aliphatic rings. The van der Waals surface area contributed by atoms with E-state index in [-0.39, 0.29) is 5.70 Å². The van der Waals surface area contributed by atoms with Crippen LogP contribution in [0.2, 0.25) is 0 Å². The Kier molecular flexibility index (Phi) is 1.53. The van der Waals surface area contributed by atoms with Crippen molar-refractivity contribution in [3.63, 3.8) is 0 Å². The first-order chi connectivity index (χ1) is 4.74. The van der Waals surface area contributed by atoms with E-state index in [0.717, 1.165) is 0 Å². The van der Waals surface area contributed by atoms with Crippen molar-refractivity contribution < 1.29 is 9.59 Å². The van der Waals surface area contributed by atoms with Gasteiger partial charge in [-0.25, -0.2) is 4.79 Å². The Morgan fingerprint density at radius 2 is 2.00 bits per heavy atom. The molecule has 0 aromatic rings. The SMILES string of the molecule is C=CC=C1NC(=O)NC1=O. The number of rotatable bonds is 1. The summed E-state index contributed by atoms with van der Waals surface area (Å²) in [5, 5.41) is 4.34. The molecule has 2 N–H and O–H groups in total. The molecule has 1 rings (SSSR count). The minimum Gasteiger partial charge on any atom is -0.303 e. The first-order valence-corrected chi connectivity index (χ1v) is 2.69. The Hall–Kier alpha value is -1.58. The van der Waals surface area contributed by atoms with Crippen molar-refractivity contribution in [2.75, 3.05) is 0 Å². The molecule has 1 aliphatic heterocycles. The van der Waals surface area contributed by atoms with Crippen molar-refractivity contribution in [2.45, 2.75) is 0 Å². The van der Waals surface area contributed by atoms with E-state index in [9.17, 15) is 9.59 Å². The smallest absolute Gasteiger partial charge is 0.303 e. The fourth-order valence-corrected chi connectivity index (χ4v) is 0.616. The molecule has 0 saturated carbocycles. The van der Waals surface area contributed by atoms with E-state index >= 15 is 0 Å². The molecule has 0 aromatic carbocycles. The van der Waals surface area contributed by atoms with E-state index < -0.39 is 11.9 Å². The number of imide groups is 1. The average molecular weight is 138 g/mol. The van der Waals surface area contributed by atoms with Crippen molar-refractivity contribution in [1.29, 1.82) is 0 Å².